The van der Waals surface area contributed by atoms with E-state index in [0.29, 0.717) is 44.4 Å². The van der Waals surface area contributed by atoms with Crippen LogP contribution in [-0.2, 0) is 76.3 Å². The van der Waals surface area contributed by atoms with Gasteiger partial charge in [0.25, 0.3) is 0 Å². The second-order valence-corrected chi connectivity index (χ2v) is 43.4. The van der Waals surface area contributed by atoms with Gasteiger partial charge >= 0.3 is 0 Å². The monoisotopic (exact) mass is 2000 g/mol. The van der Waals surface area contributed by atoms with Gasteiger partial charge in [0.05, 0.1) is 67.0 Å². The summed E-state index contributed by atoms with van der Waals surface area (Å²) in [6.45, 7) is 63.8. The zero-order chi connectivity index (χ0) is 108. The molecule has 39 heteroatoms. The van der Waals surface area contributed by atoms with Crippen molar-refractivity contribution in [3.8, 4) is 0 Å². The van der Waals surface area contributed by atoms with Crippen LogP contribution < -0.4 is 31.9 Å². The van der Waals surface area contributed by atoms with E-state index in [1.807, 2.05) is 118 Å². The normalized spacial score (nSPS) is 34.4. The van der Waals surface area contributed by atoms with Crippen LogP contribution in [0.2, 0.25) is 0 Å². The van der Waals surface area contributed by atoms with Gasteiger partial charge in [-0.3, -0.25) is 38.4 Å². The highest BCUT2D eigenvalue weighted by Crippen LogP contribution is 2.35. The fourth-order valence-electron chi connectivity index (χ4n) is 16.0. The van der Waals surface area contributed by atoms with Crippen LogP contribution in [0.3, 0.4) is 0 Å². The van der Waals surface area contributed by atoms with E-state index in [0.717, 1.165) is 12.8 Å². The molecule has 8 aliphatic heterocycles. The number of Topliss-reactive ketones (excluding diaryl/α,β-unsaturated/α-hetero) is 8. The van der Waals surface area contributed by atoms with Gasteiger partial charge in [0, 0.05) is 129 Å². The predicted octanol–water partition coefficient (Wildman–Crippen LogP) is 0.768. The van der Waals surface area contributed by atoms with Gasteiger partial charge in [0.1, 0.15) is 134 Å². The van der Waals surface area contributed by atoms with Gasteiger partial charge in [-0.05, 0) is 38.0 Å². The number of aliphatic hydroxyl groups is 17. The molecule has 34 atom stereocenters. The predicted molar refractivity (Wildman–Crippen MR) is 521 cm³/mol. The molecule has 8 saturated heterocycles. The topological polar surface area (TPSA) is 626 Å². The van der Waals surface area contributed by atoms with Crippen molar-refractivity contribution in [1.82, 2.24) is 31.9 Å². The largest absolute Gasteiger partial charge is 0.390 e. The van der Waals surface area contributed by atoms with Crippen molar-refractivity contribution in [2.24, 2.45) is 65.1 Å². The molecule has 0 aromatic carbocycles. The number of carbonyl (C=O) groups excluding carboxylic acids is 8. The standard InChI is InChI=1S/C14H26O5.C14H26O4.2C13H25NO4.2C12H23NO4.2C11H21NO4/c1-7(2)5-6-9-11(16)12(17)13(18)14(19-9)10(15)8(3)4;1-7(2)6-10-9(5)18-14(11(15)8(3)4)13(17)12(10)16;2*1-7(2)9(15)5-10-12(16)13(17)11(18-10)6-14-8(3)4;2*1-6(2)9(14)12-11(16)10(15)8(17-12)5-13-7(3)4;2*1-5(2)8(13)10-7(12-6(3)4)9(14)11(15)16-10/h7-9,11-14,16-18H,5-6H2,1-4H3;7-10,12-14,16-17H,6H2,1-5H3;2*7-8,10-14,16-17H,5-6H2,1-4H3;2*6-8,10-13,15-16H,5H2,1-4H3;2*5-7,9-12,14-15H,1-4H3/t9-,11-,12+,13-,14+;9?,10-,12+,13-,14+;10-,11+,12?,13?;10-,11-,12?,13?;8-,10?,11?,12+;8-,10?,11?,12-;7-,9+,10+,11-;7-,9+,10-,11-/m00011100/s1. The summed E-state index contributed by atoms with van der Waals surface area (Å²) in [5.74, 6) is -1.51. The molecule has 23 N–H and O–H groups in total. The Hall–Kier alpha value is -3.88. The molecule has 0 spiro atoms. The third-order valence-electron chi connectivity index (χ3n) is 24.9. The molecular formula is C100H190N6O33. The number of nitrogens with one attached hydrogen (secondary N) is 6. The minimum atomic E-state index is -1.36. The fourth-order valence-corrected chi connectivity index (χ4v) is 16.0. The van der Waals surface area contributed by atoms with Crippen molar-refractivity contribution in [3.63, 3.8) is 0 Å². The average molecular weight is 2000 g/mol. The Morgan fingerprint density at radius 2 is 0.475 bits per heavy atom. The van der Waals surface area contributed by atoms with Gasteiger partial charge < -0.3 is 157 Å². The molecule has 9 unspecified atom stereocenters. The summed E-state index contributed by atoms with van der Waals surface area (Å²) in [6.07, 6.45) is -25.3. The van der Waals surface area contributed by atoms with Crippen LogP contribution in [0.25, 0.3) is 0 Å². The number of hydrogen-bond acceptors (Lipinski definition) is 39. The van der Waals surface area contributed by atoms with E-state index in [9.17, 15) is 125 Å². The number of carbonyl (C=O) groups is 8. The molecule has 0 saturated carbocycles. The molecule has 0 bridgehead atoms. The van der Waals surface area contributed by atoms with Crippen molar-refractivity contribution in [2.45, 2.75) is 499 Å². The maximum absolute atomic E-state index is 12.0. The number of hydrogen-bond donors (Lipinski definition) is 23. The van der Waals surface area contributed by atoms with E-state index in [2.05, 4.69) is 59.6 Å². The Morgan fingerprint density at radius 1 is 0.237 bits per heavy atom. The fraction of sp³-hybridized carbons (Fsp3) is 0.920. The lowest BCUT2D eigenvalue weighted by molar-refractivity contribution is -0.222. The molecule has 39 nitrogen and oxygen atoms in total. The van der Waals surface area contributed by atoms with Crippen LogP contribution in [0.5, 0.6) is 0 Å². The molecule has 8 fully saturated rings. The van der Waals surface area contributed by atoms with Crippen LogP contribution in [0.1, 0.15) is 261 Å². The maximum atomic E-state index is 12.0. The summed E-state index contributed by atoms with van der Waals surface area (Å²) in [7, 11) is 0. The van der Waals surface area contributed by atoms with Crippen molar-refractivity contribution in [3.05, 3.63) is 0 Å². The average Bonchev–Trinajstić information content (AvgIpc) is 1.57. The summed E-state index contributed by atoms with van der Waals surface area (Å²) in [5.41, 5.74) is 0. The lowest BCUT2D eigenvalue weighted by atomic mass is 9.80. The number of ether oxygens (including phenoxy) is 8. The molecule has 139 heavy (non-hydrogen) atoms. The third kappa shape index (κ3) is 43.1. The van der Waals surface area contributed by atoms with Crippen LogP contribution in [-0.4, -0.2) is 397 Å². The molecular weight excluding hydrogens is 1810 g/mol. The SMILES string of the molecule is CC(C)CC[C@@H]1O[C@H](C(=O)C(C)C)[C@@H](O)[C@H](O)[C@H]1O.CC(C)C[C@H]1C(C)O[C@H](C(=O)C(C)C)[C@@H](O)[C@@H]1O.CC(C)NC[C@H]1O[C@@H](C(=O)C(C)C)C(O)C1O.CC(C)NC[C@H]1O[C@@H](CC(=O)C(C)C)C(O)C1O.CC(C)NC[C@H]1O[C@H](C(=O)C(C)C)C(O)C1O.CC(C)NC[C@H]1O[C@H](CC(=O)C(C)C)C(O)C1O.CC(C)N[C@H]1[C@@H](O)[C@@H](O)O[C@@H]1C(=O)C(C)C.CC(C)N[C@H]1[C@@H](O)[C@@H](O)O[C@H]1C(=O)C(C)C. The van der Waals surface area contributed by atoms with Gasteiger partial charge in [-0.1, -0.05) is 222 Å². The summed E-state index contributed by atoms with van der Waals surface area (Å²) >= 11 is 0. The maximum Gasteiger partial charge on any atom is 0.183 e. The van der Waals surface area contributed by atoms with Crippen LogP contribution in [0, 0.1) is 65.1 Å². The Bertz CT molecular complexity index is 3360. The van der Waals surface area contributed by atoms with Crippen molar-refractivity contribution in [2.75, 3.05) is 26.2 Å². The smallest absolute Gasteiger partial charge is 0.183 e. The minimum Gasteiger partial charge on any atom is -0.390 e. The van der Waals surface area contributed by atoms with Crippen molar-refractivity contribution < 1.29 is 163 Å². The first-order valence-corrected chi connectivity index (χ1v) is 50.6. The summed E-state index contributed by atoms with van der Waals surface area (Å²) in [4.78, 5) is 94.4. The van der Waals surface area contributed by atoms with Crippen LogP contribution >= 0.6 is 0 Å². The van der Waals surface area contributed by atoms with Crippen molar-refractivity contribution in [1.29, 1.82) is 0 Å². The van der Waals surface area contributed by atoms with Gasteiger partial charge in [-0.25, -0.2) is 0 Å². The lowest BCUT2D eigenvalue weighted by Crippen LogP contribution is -2.60. The lowest BCUT2D eigenvalue weighted by Gasteiger charge is -2.42. The van der Waals surface area contributed by atoms with E-state index in [-0.39, 0.29) is 155 Å². The Morgan fingerprint density at radius 3 is 0.734 bits per heavy atom. The van der Waals surface area contributed by atoms with E-state index in [1.165, 1.54) is 0 Å². The molecule has 8 heterocycles. The van der Waals surface area contributed by atoms with Crippen molar-refractivity contribution >= 4 is 46.3 Å². The van der Waals surface area contributed by atoms with Gasteiger partial charge in [0.15, 0.2) is 47.3 Å². The van der Waals surface area contributed by atoms with Crippen LogP contribution in [0.15, 0.2) is 0 Å². The summed E-state index contributed by atoms with van der Waals surface area (Å²) < 4.78 is 43.4. The first-order valence-electron chi connectivity index (χ1n) is 50.6. The molecule has 0 aromatic heterocycles. The number of rotatable bonds is 39. The zero-order valence-corrected chi connectivity index (χ0v) is 89.4. The summed E-state index contributed by atoms with van der Waals surface area (Å²) in [5, 5.41) is 185. The third-order valence-corrected chi connectivity index (χ3v) is 24.9. The molecule has 0 aromatic rings. The van der Waals surface area contributed by atoms with Crippen LogP contribution in [0.4, 0.5) is 0 Å². The first-order chi connectivity index (χ1) is 64.0. The first kappa shape index (κ1) is 133. The highest BCUT2D eigenvalue weighted by molar-refractivity contribution is 5.88. The summed E-state index contributed by atoms with van der Waals surface area (Å²) in [6, 6.07) is 0.246. The molecule has 0 radical (unpaired) electrons. The second kappa shape index (κ2) is 63.7. The van der Waals surface area contributed by atoms with Gasteiger partial charge in [-0.2, -0.15) is 0 Å². The Kier molecular flexibility index (Phi) is 61.0. The highest BCUT2D eigenvalue weighted by atomic mass is 16.6. The van der Waals surface area contributed by atoms with Gasteiger partial charge in [-0.15, -0.1) is 0 Å². The highest BCUT2D eigenvalue weighted by Gasteiger charge is 2.54. The minimum absolute atomic E-state index is 0.0451. The molecule has 8 rings (SSSR count). The number of aliphatic hydroxyl groups excluding tert-OH is 17. The quantitative estimate of drug-likeness (QED) is 0.0404. The Balaban J connectivity index is 0.000000795. The molecule has 0 amide bonds. The number of ketones is 8. The van der Waals surface area contributed by atoms with E-state index in [1.54, 1.807) is 83.1 Å². The molecule has 8 aliphatic rings. The zero-order valence-electron chi connectivity index (χ0n) is 89.4. The second-order valence-electron chi connectivity index (χ2n) is 43.4. The van der Waals surface area contributed by atoms with E-state index >= 15 is 0 Å². The Labute approximate surface area is 827 Å². The van der Waals surface area contributed by atoms with Gasteiger partial charge in [0.2, 0.25) is 0 Å². The van der Waals surface area contributed by atoms with E-state index in [4.69, 9.17) is 37.9 Å². The molecule has 818 valence electrons. The van der Waals surface area contributed by atoms with E-state index < -0.39 is 196 Å². The molecule has 0 aliphatic carbocycles.